The summed E-state index contributed by atoms with van der Waals surface area (Å²) in [5.41, 5.74) is -0.111. The number of para-hydroxylation sites is 1. The summed E-state index contributed by atoms with van der Waals surface area (Å²) in [6.45, 7) is 2.01. The molecule has 0 amide bonds. The normalized spacial score (nSPS) is 13.3. The molecule has 0 fully saturated rings. The number of halogens is 1. The Bertz CT molecular complexity index is 728. The van der Waals surface area contributed by atoms with Gasteiger partial charge >= 0.3 is 0 Å². The first-order valence-electron chi connectivity index (χ1n) is 7.56. The standard InChI is InChI=1S/C18H20ClO3P/c1-3-4-13-23(21,14-9-6-5-7-10-14)18(20)15-11-8-12-16(19)17(15)22-2/h5-12H,3-4,13H2,1-2H3. The van der Waals surface area contributed by atoms with E-state index in [2.05, 4.69) is 0 Å². The van der Waals surface area contributed by atoms with Gasteiger partial charge in [-0.2, -0.15) is 0 Å². The van der Waals surface area contributed by atoms with Crippen LogP contribution in [0.15, 0.2) is 48.5 Å². The molecule has 23 heavy (non-hydrogen) atoms. The largest absolute Gasteiger partial charge is 0.494 e. The fourth-order valence-electron chi connectivity index (χ4n) is 2.48. The molecule has 3 nitrogen and oxygen atoms in total. The van der Waals surface area contributed by atoms with E-state index in [0.29, 0.717) is 16.5 Å². The Kier molecular flexibility index (Phi) is 6.04. The van der Waals surface area contributed by atoms with Crippen LogP contribution in [0.2, 0.25) is 5.02 Å². The third-order valence-electron chi connectivity index (χ3n) is 3.73. The highest BCUT2D eigenvalue weighted by atomic mass is 35.5. The summed E-state index contributed by atoms with van der Waals surface area (Å²) in [5.74, 6) is 0.284. The minimum Gasteiger partial charge on any atom is -0.494 e. The first-order valence-corrected chi connectivity index (χ1v) is 9.83. The molecule has 1 atom stereocenters. The highest BCUT2D eigenvalue weighted by Crippen LogP contribution is 2.50. The van der Waals surface area contributed by atoms with Gasteiger partial charge in [0.2, 0.25) is 5.52 Å². The Morgan fingerprint density at radius 3 is 2.43 bits per heavy atom. The quantitative estimate of drug-likeness (QED) is 0.661. The molecular formula is C18H20ClO3P. The molecule has 0 heterocycles. The van der Waals surface area contributed by atoms with Gasteiger partial charge < -0.3 is 9.30 Å². The van der Waals surface area contributed by atoms with E-state index in [-0.39, 0.29) is 11.3 Å². The van der Waals surface area contributed by atoms with Crippen LogP contribution in [0.25, 0.3) is 0 Å². The molecule has 0 aromatic heterocycles. The Labute approximate surface area is 142 Å². The highest BCUT2D eigenvalue weighted by Gasteiger charge is 2.35. The molecular weight excluding hydrogens is 331 g/mol. The van der Waals surface area contributed by atoms with Crippen molar-refractivity contribution in [1.29, 1.82) is 0 Å². The van der Waals surface area contributed by atoms with Crippen LogP contribution in [0.3, 0.4) is 0 Å². The van der Waals surface area contributed by atoms with Gasteiger partial charge in [-0.25, -0.2) is 0 Å². The van der Waals surface area contributed by atoms with Crippen molar-refractivity contribution < 1.29 is 14.1 Å². The van der Waals surface area contributed by atoms with Crippen molar-refractivity contribution >= 4 is 29.6 Å². The van der Waals surface area contributed by atoms with Crippen LogP contribution in [0.4, 0.5) is 0 Å². The molecule has 0 bridgehead atoms. The van der Waals surface area contributed by atoms with Gasteiger partial charge in [0.1, 0.15) is 5.75 Å². The predicted molar refractivity (Wildman–Crippen MR) is 95.8 cm³/mol. The molecule has 0 aliphatic carbocycles. The van der Waals surface area contributed by atoms with Crippen LogP contribution in [-0.4, -0.2) is 18.8 Å². The molecule has 0 N–H and O–H groups in total. The minimum absolute atomic E-state index is 0.281. The van der Waals surface area contributed by atoms with E-state index in [1.807, 2.05) is 13.0 Å². The average Bonchev–Trinajstić information content (AvgIpc) is 2.59. The van der Waals surface area contributed by atoms with Gasteiger partial charge in [0.05, 0.1) is 17.7 Å². The lowest BCUT2D eigenvalue weighted by atomic mass is 10.2. The van der Waals surface area contributed by atoms with Gasteiger partial charge in [0.25, 0.3) is 0 Å². The highest BCUT2D eigenvalue weighted by molar-refractivity contribution is 7.87. The summed E-state index contributed by atoms with van der Waals surface area (Å²) in [6.07, 6.45) is 1.94. The van der Waals surface area contributed by atoms with Crippen molar-refractivity contribution in [2.75, 3.05) is 13.3 Å². The fraction of sp³-hybridized carbons (Fsp3) is 0.278. The molecule has 5 heteroatoms. The number of hydrogen-bond acceptors (Lipinski definition) is 3. The summed E-state index contributed by atoms with van der Waals surface area (Å²) in [4.78, 5) is 13.1. The third-order valence-corrected chi connectivity index (χ3v) is 7.00. The number of carbonyl (C=O) groups is 1. The van der Waals surface area contributed by atoms with E-state index in [0.717, 1.165) is 12.8 Å². The smallest absolute Gasteiger partial charge is 0.229 e. The van der Waals surface area contributed by atoms with Crippen LogP contribution < -0.4 is 10.0 Å². The molecule has 0 spiro atoms. The molecule has 2 aromatic rings. The molecule has 0 aliphatic heterocycles. The Balaban J connectivity index is 2.55. The molecule has 122 valence electrons. The van der Waals surface area contributed by atoms with Gasteiger partial charge in [-0.15, -0.1) is 0 Å². The Hall–Kier alpha value is -1.57. The SMILES string of the molecule is CCCCP(=O)(C(=O)c1cccc(Cl)c1OC)c1ccccc1. The molecule has 2 rings (SSSR count). The maximum atomic E-state index is 13.6. The van der Waals surface area contributed by atoms with Crippen molar-refractivity contribution in [3.63, 3.8) is 0 Å². The molecule has 0 aliphatic rings. The van der Waals surface area contributed by atoms with Crippen molar-refractivity contribution in [3.8, 4) is 5.75 Å². The Morgan fingerprint density at radius 2 is 1.83 bits per heavy atom. The van der Waals surface area contributed by atoms with E-state index in [1.54, 1.807) is 42.5 Å². The second-order valence-corrected chi connectivity index (χ2v) is 8.53. The summed E-state index contributed by atoms with van der Waals surface area (Å²) in [6, 6.07) is 13.9. The van der Waals surface area contributed by atoms with Gasteiger partial charge in [0, 0.05) is 11.5 Å². The number of carbonyl (C=O) groups excluding carboxylic acids is 1. The van der Waals surface area contributed by atoms with Gasteiger partial charge in [-0.3, -0.25) is 4.79 Å². The maximum Gasteiger partial charge on any atom is 0.229 e. The van der Waals surface area contributed by atoms with Crippen molar-refractivity contribution in [2.45, 2.75) is 19.8 Å². The third kappa shape index (κ3) is 3.68. The average molecular weight is 351 g/mol. The molecule has 1 unspecified atom stereocenters. The van der Waals surface area contributed by atoms with Crippen LogP contribution in [0, 0.1) is 0 Å². The van der Waals surface area contributed by atoms with E-state index in [1.165, 1.54) is 7.11 Å². The zero-order chi connectivity index (χ0) is 16.9. The second kappa shape index (κ2) is 7.81. The minimum atomic E-state index is -3.24. The summed E-state index contributed by atoms with van der Waals surface area (Å²) in [7, 11) is -1.78. The Morgan fingerprint density at radius 1 is 1.13 bits per heavy atom. The van der Waals surface area contributed by atoms with Crippen molar-refractivity contribution in [1.82, 2.24) is 0 Å². The fourth-order valence-corrected chi connectivity index (χ4v) is 5.40. The maximum absolute atomic E-state index is 13.6. The lowest BCUT2D eigenvalue weighted by Crippen LogP contribution is -2.16. The number of methoxy groups -OCH3 is 1. The van der Waals surface area contributed by atoms with Crippen LogP contribution in [0.5, 0.6) is 5.75 Å². The number of unbranched alkanes of at least 4 members (excludes halogenated alkanes) is 1. The van der Waals surface area contributed by atoms with E-state index in [9.17, 15) is 9.36 Å². The molecule has 2 aromatic carbocycles. The summed E-state index contributed by atoms with van der Waals surface area (Å²) < 4.78 is 18.9. The van der Waals surface area contributed by atoms with Crippen molar-refractivity contribution in [3.05, 3.63) is 59.1 Å². The number of hydrogen-bond donors (Lipinski definition) is 0. The van der Waals surface area contributed by atoms with Crippen LogP contribution in [0.1, 0.15) is 30.1 Å². The lowest BCUT2D eigenvalue weighted by Gasteiger charge is -2.19. The zero-order valence-corrected chi connectivity index (χ0v) is 14.9. The molecule has 0 saturated heterocycles. The second-order valence-electron chi connectivity index (χ2n) is 5.28. The number of ether oxygens (including phenoxy) is 1. The topological polar surface area (TPSA) is 43.4 Å². The van der Waals surface area contributed by atoms with E-state index < -0.39 is 12.7 Å². The van der Waals surface area contributed by atoms with Crippen molar-refractivity contribution in [2.24, 2.45) is 0 Å². The first kappa shape index (κ1) is 17.8. The van der Waals surface area contributed by atoms with Gasteiger partial charge in [-0.1, -0.05) is 61.3 Å². The predicted octanol–water partition coefficient (Wildman–Crippen LogP) is 4.98. The van der Waals surface area contributed by atoms with Gasteiger partial charge in [0.15, 0.2) is 7.14 Å². The molecule has 0 radical (unpaired) electrons. The lowest BCUT2D eigenvalue weighted by molar-refractivity contribution is 0.107. The summed E-state index contributed by atoms with van der Waals surface area (Å²) >= 11 is 6.11. The molecule has 0 saturated carbocycles. The van der Waals surface area contributed by atoms with Crippen LogP contribution in [-0.2, 0) is 4.57 Å². The monoisotopic (exact) mass is 350 g/mol. The summed E-state index contributed by atoms with van der Waals surface area (Å²) in [5, 5.41) is 0.925. The van der Waals surface area contributed by atoms with E-state index >= 15 is 0 Å². The van der Waals surface area contributed by atoms with Gasteiger partial charge in [-0.05, 0) is 18.6 Å². The first-order chi connectivity index (χ1) is 11.0. The van der Waals surface area contributed by atoms with Crippen LogP contribution >= 0.6 is 18.7 Å². The zero-order valence-electron chi connectivity index (χ0n) is 13.3. The number of benzene rings is 2. The van der Waals surface area contributed by atoms with E-state index in [4.69, 9.17) is 16.3 Å². The number of rotatable bonds is 7.